The van der Waals surface area contributed by atoms with Gasteiger partial charge in [0.1, 0.15) is 0 Å². The van der Waals surface area contributed by atoms with E-state index in [2.05, 4.69) is 93.5 Å². The van der Waals surface area contributed by atoms with Crippen LogP contribution in [0.4, 0.5) is 5.69 Å². The van der Waals surface area contributed by atoms with E-state index in [-0.39, 0.29) is 24.8 Å². The maximum Gasteiger partial charge on any atom is -0.147 e. The Hall–Kier alpha value is -0.817. The third-order valence-corrected chi connectivity index (χ3v) is 14.3. The van der Waals surface area contributed by atoms with Crippen LogP contribution in [0.5, 0.6) is 0 Å². The third kappa shape index (κ3) is 4.00. The van der Waals surface area contributed by atoms with Crippen LogP contribution in [0.2, 0.25) is 3.63 Å². The van der Waals surface area contributed by atoms with Crippen molar-refractivity contribution in [2.45, 2.75) is 27.5 Å². The van der Waals surface area contributed by atoms with Crippen molar-refractivity contribution in [3.05, 3.63) is 75.1 Å². The molecule has 0 spiro atoms. The van der Waals surface area contributed by atoms with Crippen LogP contribution in [0, 0.1) is 0 Å². The van der Waals surface area contributed by atoms with Crippen LogP contribution >= 0.6 is 24.8 Å². The van der Waals surface area contributed by atoms with Gasteiger partial charge in [-0.05, 0) is 0 Å². The molecule has 1 nitrogen and oxygen atoms in total. The molecular formula is C23H28Cl2NZr. The SMILES string of the molecule is C[CH](C)[Zr]([C]1=CC=CC1)[CH]1c2ccccc2-c2ccc(N(C)C)cc21.Cl.Cl. The molecule has 1 unspecified atom stereocenters. The fourth-order valence-corrected chi connectivity index (χ4v) is 13.2. The molecule has 0 fully saturated rings. The molecule has 2 aromatic rings. The molecule has 0 aromatic heterocycles. The van der Waals surface area contributed by atoms with E-state index in [0.717, 1.165) is 3.63 Å². The maximum absolute atomic E-state index is 2.46. The topological polar surface area (TPSA) is 3.24 Å². The summed E-state index contributed by atoms with van der Waals surface area (Å²) in [6.45, 7) is 4.93. The van der Waals surface area contributed by atoms with E-state index in [1.54, 1.807) is 14.4 Å². The summed E-state index contributed by atoms with van der Waals surface area (Å²) < 4.78 is 3.24. The third-order valence-electron chi connectivity index (χ3n) is 5.50. The molecule has 0 heterocycles. The Morgan fingerprint density at radius 3 is 2.30 bits per heavy atom. The zero-order valence-corrected chi connectivity index (χ0v) is 20.5. The van der Waals surface area contributed by atoms with Crippen LogP contribution in [0.15, 0.2) is 64.0 Å². The second kappa shape index (κ2) is 9.12. The summed E-state index contributed by atoms with van der Waals surface area (Å²) >= 11 is -1.87. The number of hydrogen-bond donors (Lipinski definition) is 0. The van der Waals surface area contributed by atoms with Gasteiger partial charge >= 0.3 is 160 Å². The fraction of sp³-hybridized carbons (Fsp3) is 0.304. The van der Waals surface area contributed by atoms with Gasteiger partial charge in [0.25, 0.3) is 0 Å². The monoisotopic (exact) mass is 478 g/mol. The molecule has 0 aliphatic heterocycles. The van der Waals surface area contributed by atoms with Crippen molar-refractivity contribution in [2.24, 2.45) is 0 Å². The minimum absolute atomic E-state index is 0. The zero-order chi connectivity index (χ0) is 17.6. The predicted octanol–water partition coefficient (Wildman–Crippen LogP) is 6.96. The number of anilines is 1. The molecule has 2 aromatic carbocycles. The van der Waals surface area contributed by atoms with Crippen LogP contribution in [-0.2, 0) is 21.8 Å². The molecule has 143 valence electrons. The van der Waals surface area contributed by atoms with E-state index < -0.39 is 21.8 Å². The number of halogens is 2. The average Bonchev–Trinajstić information content (AvgIpc) is 3.22. The summed E-state index contributed by atoms with van der Waals surface area (Å²) in [7, 11) is 4.29. The molecule has 0 amide bonds. The van der Waals surface area contributed by atoms with E-state index in [1.807, 2.05) is 0 Å². The first kappa shape index (κ1) is 22.5. The quantitative estimate of drug-likeness (QED) is 0.457. The Labute approximate surface area is 184 Å². The number of hydrogen-bond acceptors (Lipinski definition) is 1. The van der Waals surface area contributed by atoms with Crippen molar-refractivity contribution in [3.63, 3.8) is 0 Å². The molecule has 0 radical (unpaired) electrons. The molecule has 0 saturated carbocycles. The number of fused-ring (bicyclic) bond motifs is 3. The van der Waals surface area contributed by atoms with Gasteiger partial charge < -0.3 is 0 Å². The molecule has 2 aliphatic carbocycles. The van der Waals surface area contributed by atoms with Crippen molar-refractivity contribution < 1.29 is 21.8 Å². The molecule has 4 rings (SSSR count). The Kier molecular flexibility index (Phi) is 7.59. The molecule has 2 aliphatic rings. The molecular weight excluding hydrogens is 452 g/mol. The Morgan fingerprint density at radius 2 is 1.67 bits per heavy atom. The van der Waals surface area contributed by atoms with Gasteiger partial charge in [0.2, 0.25) is 0 Å². The minimum Gasteiger partial charge on any atom is -0.147 e. The summed E-state index contributed by atoms with van der Waals surface area (Å²) in [5.41, 5.74) is 7.43. The van der Waals surface area contributed by atoms with Gasteiger partial charge in [-0.3, -0.25) is 0 Å². The molecule has 0 N–H and O–H groups in total. The smallest absolute Gasteiger partial charge is 0.147 e. The number of benzene rings is 2. The van der Waals surface area contributed by atoms with Crippen molar-refractivity contribution in [1.82, 2.24) is 0 Å². The summed E-state index contributed by atoms with van der Waals surface area (Å²) in [5, 5.41) is 0. The van der Waals surface area contributed by atoms with E-state index in [9.17, 15) is 0 Å². The van der Waals surface area contributed by atoms with Gasteiger partial charge in [-0.15, -0.1) is 24.8 Å². The Morgan fingerprint density at radius 1 is 0.963 bits per heavy atom. The first-order valence-electron chi connectivity index (χ1n) is 9.21. The molecule has 0 bridgehead atoms. The van der Waals surface area contributed by atoms with Gasteiger partial charge in [0.05, 0.1) is 0 Å². The summed E-state index contributed by atoms with van der Waals surface area (Å²) in [6, 6.07) is 16.2. The molecule has 27 heavy (non-hydrogen) atoms. The number of allylic oxidation sites excluding steroid dienone is 4. The summed E-state index contributed by atoms with van der Waals surface area (Å²) in [4.78, 5) is 2.23. The average molecular weight is 481 g/mol. The second-order valence-electron chi connectivity index (χ2n) is 7.62. The van der Waals surface area contributed by atoms with Crippen LogP contribution in [0.1, 0.15) is 35.0 Å². The Balaban J connectivity index is 0.00000131. The molecule has 1 atom stereocenters. The maximum atomic E-state index is 2.46. The van der Waals surface area contributed by atoms with Crippen molar-refractivity contribution in [1.29, 1.82) is 0 Å². The molecule has 4 heteroatoms. The van der Waals surface area contributed by atoms with Crippen LogP contribution in [0.25, 0.3) is 11.1 Å². The van der Waals surface area contributed by atoms with Crippen molar-refractivity contribution >= 4 is 30.5 Å². The second-order valence-corrected chi connectivity index (χ2v) is 15.7. The first-order chi connectivity index (χ1) is 12.1. The fourth-order valence-electron chi connectivity index (χ4n) is 4.36. The van der Waals surface area contributed by atoms with Crippen molar-refractivity contribution in [3.8, 4) is 11.1 Å². The predicted molar refractivity (Wildman–Crippen MR) is 119 cm³/mol. The van der Waals surface area contributed by atoms with Crippen LogP contribution in [0.3, 0.4) is 0 Å². The molecule has 0 saturated heterocycles. The zero-order valence-electron chi connectivity index (χ0n) is 16.4. The summed E-state index contributed by atoms with van der Waals surface area (Å²) in [6.07, 6.45) is 8.24. The van der Waals surface area contributed by atoms with E-state index in [4.69, 9.17) is 0 Å². The van der Waals surface area contributed by atoms with E-state index in [0.29, 0.717) is 3.63 Å². The van der Waals surface area contributed by atoms with Gasteiger partial charge in [0.15, 0.2) is 0 Å². The largest absolute Gasteiger partial charge is 0.147 e. The van der Waals surface area contributed by atoms with Crippen LogP contribution in [-0.4, -0.2) is 14.1 Å². The number of rotatable bonds is 4. The standard InChI is InChI=1S/C15H14N.C5H5.C3H7.2ClH.Zr/c1-16(2)13-7-8-15-12(10-13)9-11-5-3-4-6-14(11)15;1-2-4-5-3-1;1-3-2;;;/h3-10H,1-2H3;1-3H,4H2;3H,1-2H3;2*1H;. The summed E-state index contributed by atoms with van der Waals surface area (Å²) in [5.74, 6) is 0. The van der Waals surface area contributed by atoms with E-state index in [1.165, 1.54) is 23.2 Å². The van der Waals surface area contributed by atoms with Gasteiger partial charge in [-0.1, -0.05) is 0 Å². The van der Waals surface area contributed by atoms with Crippen molar-refractivity contribution in [2.75, 3.05) is 19.0 Å². The normalized spacial score (nSPS) is 16.2. The van der Waals surface area contributed by atoms with Gasteiger partial charge in [0, 0.05) is 0 Å². The minimum atomic E-state index is -1.87. The van der Waals surface area contributed by atoms with Gasteiger partial charge in [-0.25, -0.2) is 0 Å². The number of nitrogens with zero attached hydrogens (tertiary/aromatic N) is 1. The van der Waals surface area contributed by atoms with E-state index >= 15 is 0 Å². The Bertz CT molecular complexity index is 870. The first-order valence-corrected chi connectivity index (χ1v) is 13.3. The van der Waals surface area contributed by atoms with Crippen LogP contribution < -0.4 is 4.90 Å². The van der Waals surface area contributed by atoms with Gasteiger partial charge in [-0.2, -0.15) is 0 Å².